The van der Waals surface area contributed by atoms with E-state index in [1.165, 1.54) is 24.5 Å². The second-order valence-electron chi connectivity index (χ2n) is 9.89. The highest BCUT2D eigenvalue weighted by atomic mass is 32.1. The Morgan fingerprint density at radius 3 is 2.31 bits per heavy atom. The molecule has 3 heterocycles. The molecular formula is C21H28N4O6S. The minimum Gasteiger partial charge on any atom is -0.480 e. The molecule has 11 heteroatoms. The average Bonchev–Trinajstić information content (AvgIpc) is 3.12. The molecule has 4 rings (SSSR count). The number of nitrogens with one attached hydrogen (secondary N) is 1. The summed E-state index contributed by atoms with van der Waals surface area (Å²) >= 11 is 1.21. The number of carbonyl (C=O) groups is 4. The lowest BCUT2D eigenvalue weighted by molar-refractivity contribution is -0.166. The third-order valence-corrected chi connectivity index (χ3v) is 7.87. The summed E-state index contributed by atoms with van der Waals surface area (Å²) in [5.74, 6) is -4.09. The van der Waals surface area contributed by atoms with Crippen molar-refractivity contribution in [3.63, 3.8) is 0 Å². The zero-order valence-corrected chi connectivity index (χ0v) is 19.1. The second kappa shape index (κ2) is 7.89. The van der Waals surface area contributed by atoms with Crippen LogP contribution in [0.3, 0.4) is 0 Å². The van der Waals surface area contributed by atoms with Gasteiger partial charge in [0, 0.05) is 37.5 Å². The fraction of sp³-hybridized carbons (Fsp3) is 0.667. The lowest BCUT2D eigenvalue weighted by atomic mass is 9.72. The van der Waals surface area contributed by atoms with Crippen LogP contribution in [0.4, 0.5) is 0 Å². The zero-order chi connectivity index (χ0) is 23.4. The number of carboxylic acid groups (broad SMARTS) is 1. The van der Waals surface area contributed by atoms with Gasteiger partial charge in [-0.2, -0.15) is 0 Å². The summed E-state index contributed by atoms with van der Waals surface area (Å²) < 4.78 is 0. The van der Waals surface area contributed by atoms with E-state index in [4.69, 9.17) is 0 Å². The molecule has 1 spiro atoms. The van der Waals surface area contributed by atoms with Crippen LogP contribution in [-0.4, -0.2) is 87.0 Å². The van der Waals surface area contributed by atoms with Gasteiger partial charge in [0.1, 0.15) is 4.88 Å². The van der Waals surface area contributed by atoms with E-state index >= 15 is 0 Å². The van der Waals surface area contributed by atoms with Crippen molar-refractivity contribution < 1.29 is 29.4 Å². The maximum atomic E-state index is 13.8. The van der Waals surface area contributed by atoms with Crippen molar-refractivity contribution in [2.24, 2.45) is 22.7 Å². The van der Waals surface area contributed by atoms with Gasteiger partial charge in [-0.15, -0.1) is 11.3 Å². The van der Waals surface area contributed by atoms with Gasteiger partial charge in [0.25, 0.3) is 5.91 Å². The Morgan fingerprint density at radius 2 is 1.88 bits per heavy atom. The normalized spacial score (nSPS) is 26.8. The van der Waals surface area contributed by atoms with Gasteiger partial charge in [0.2, 0.25) is 11.8 Å². The number of thiazole rings is 1. The van der Waals surface area contributed by atoms with Crippen LogP contribution >= 0.6 is 11.3 Å². The largest absolute Gasteiger partial charge is 0.480 e. The molecule has 2 saturated heterocycles. The van der Waals surface area contributed by atoms with Gasteiger partial charge in [-0.1, -0.05) is 13.8 Å². The first-order valence-corrected chi connectivity index (χ1v) is 11.5. The lowest BCUT2D eigenvalue weighted by Crippen LogP contribution is -2.63. The van der Waals surface area contributed by atoms with E-state index in [1.54, 1.807) is 10.4 Å². The van der Waals surface area contributed by atoms with Crippen molar-refractivity contribution in [3.8, 4) is 0 Å². The molecule has 0 bridgehead atoms. The molecule has 0 radical (unpaired) electrons. The first-order valence-electron chi connectivity index (χ1n) is 10.6. The number of hydrogen-bond acceptors (Lipinski definition) is 8. The summed E-state index contributed by atoms with van der Waals surface area (Å²) in [6, 6.07) is -1.68. The number of amides is 3. The highest BCUT2D eigenvalue weighted by molar-refractivity contribution is 7.11. The Morgan fingerprint density at radius 1 is 1.25 bits per heavy atom. The molecule has 1 saturated carbocycles. The molecule has 1 unspecified atom stereocenters. The predicted octanol–water partition coefficient (Wildman–Crippen LogP) is 0.0400. The number of aromatic nitrogens is 1. The SMILES string of the molecule is C[C@@H](O)[C@@H](C(=O)O)N(C(=O)C1CN(C(=O)c2cncs2)CC12CNC2)C(=O)[C@H]1CC1(C)C. The molecule has 2 aliphatic heterocycles. The van der Waals surface area contributed by atoms with Crippen molar-refractivity contribution >= 4 is 35.0 Å². The fourth-order valence-electron chi connectivity index (χ4n) is 4.88. The van der Waals surface area contributed by atoms with Crippen LogP contribution in [0.2, 0.25) is 0 Å². The van der Waals surface area contributed by atoms with E-state index in [9.17, 15) is 29.4 Å². The molecule has 10 nitrogen and oxygen atoms in total. The van der Waals surface area contributed by atoms with E-state index in [0.29, 0.717) is 30.9 Å². The standard InChI is InChI=1S/C21H28N4O6S/c1-11(26)15(19(30)31)25(16(27)12-4-20(12,2)3)17(28)13-6-24(9-21(13)7-23-8-21)18(29)14-5-22-10-32-14/h5,10-13,15,23,26H,4,6-9H2,1-3H3,(H,30,31)/t11-,12-,13?,15+/m1/s1. The summed E-state index contributed by atoms with van der Waals surface area (Å²) in [5, 5.41) is 23.1. The van der Waals surface area contributed by atoms with Crippen LogP contribution in [0, 0.1) is 22.7 Å². The van der Waals surface area contributed by atoms with Crippen LogP contribution in [0.5, 0.6) is 0 Å². The number of aliphatic hydroxyl groups is 1. The van der Waals surface area contributed by atoms with Crippen molar-refractivity contribution in [2.75, 3.05) is 26.2 Å². The van der Waals surface area contributed by atoms with Crippen LogP contribution in [0.15, 0.2) is 11.7 Å². The Labute approximate surface area is 189 Å². The van der Waals surface area contributed by atoms with Crippen LogP contribution in [0.1, 0.15) is 36.9 Å². The molecule has 32 heavy (non-hydrogen) atoms. The maximum absolute atomic E-state index is 13.8. The highest BCUT2D eigenvalue weighted by Gasteiger charge is 2.60. The summed E-state index contributed by atoms with van der Waals surface area (Å²) in [5.41, 5.74) is 0.665. The molecule has 4 atom stereocenters. The number of aliphatic hydroxyl groups excluding tert-OH is 1. The monoisotopic (exact) mass is 464 g/mol. The third kappa shape index (κ3) is 3.71. The third-order valence-electron chi connectivity index (χ3n) is 7.10. The van der Waals surface area contributed by atoms with Gasteiger partial charge in [0.05, 0.1) is 23.7 Å². The van der Waals surface area contributed by atoms with Gasteiger partial charge >= 0.3 is 5.97 Å². The van der Waals surface area contributed by atoms with Gasteiger partial charge in [-0.3, -0.25) is 24.3 Å². The molecule has 3 aliphatic rings. The number of nitrogens with zero attached hydrogens (tertiary/aromatic N) is 3. The van der Waals surface area contributed by atoms with Gasteiger partial charge < -0.3 is 20.4 Å². The number of imide groups is 1. The highest BCUT2D eigenvalue weighted by Crippen LogP contribution is 2.53. The summed E-state index contributed by atoms with van der Waals surface area (Å²) in [4.78, 5) is 58.8. The Bertz CT molecular complexity index is 942. The number of aliphatic carboxylic acids is 1. The molecule has 3 amide bonds. The number of likely N-dealkylation sites (tertiary alicyclic amines) is 1. The maximum Gasteiger partial charge on any atom is 0.329 e. The van der Waals surface area contributed by atoms with E-state index in [-0.39, 0.29) is 17.9 Å². The predicted molar refractivity (Wildman–Crippen MR) is 114 cm³/mol. The van der Waals surface area contributed by atoms with Crippen LogP contribution in [-0.2, 0) is 14.4 Å². The van der Waals surface area contributed by atoms with E-state index in [2.05, 4.69) is 10.3 Å². The molecule has 3 fully saturated rings. The molecule has 1 aromatic rings. The lowest BCUT2D eigenvalue weighted by Gasteiger charge is -2.44. The van der Waals surface area contributed by atoms with E-state index < -0.39 is 47.2 Å². The Kier molecular flexibility index (Phi) is 5.62. The zero-order valence-electron chi connectivity index (χ0n) is 18.3. The minimum absolute atomic E-state index is 0.0846. The quantitative estimate of drug-likeness (QED) is 0.502. The molecule has 0 aromatic carbocycles. The topological polar surface area (TPSA) is 140 Å². The minimum atomic E-state index is -1.68. The summed E-state index contributed by atoms with van der Waals surface area (Å²) in [6.45, 7) is 6.42. The van der Waals surface area contributed by atoms with Crippen molar-refractivity contribution in [3.05, 3.63) is 16.6 Å². The van der Waals surface area contributed by atoms with Crippen molar-refractivity contribution in [2.45, 2.75) is 39.3 Å². The summed E-state index contributed by atoms with van der Waals surface area (Å²) in [6.07, 6.45) is 0.594. The number of carboxylic acids is 1. The average molecular weight is 465 g/mol. The molecule has 1 aromatic heterocycles. The van der Waals surface area contributed by atoms with Gasteiger partial charge in [-0.05, 0) is 18.8 Å². The Hall–Kier alpha value is -2.37. The van der Waals surface area contributed by atoms with E-state index in [0.717, 1.165) is 4.90 Å². The first kappa shape index (κ1) is 22.8. The Balaban J connectivity index is 1.65. The van der Waals surface area contributed by atoms with Crippen LogP contribution in [0.25, 0.3) is 0 Å². The van der Waals surface area contributed by atoms with Gasteiger partial charge in [0.15, 0.2) is 6.04 Å². The van der Waals surface area contributed by atoms with Crippen molar-refractivity contribution in [1.82, 2.24) is 20.1 Å². The first-order chi connectivity index (χ1) is 15.0. The molecule has 174 valence electrons. The smallest absolute Gasteiger partial charge is 0.329 e. The van der Waals surface area contributed by atoms with Crippen molar-refractivity contribution in [1.29, 1.82) is 0 Å². The number of rotatable bonds is 6. The molecule has 1 aliphatic carbocycles. The second-order valence-corrected chi connectivity index (χ2v) is 10.8. The molecular weight excluding hydrogens is 436 g/mol. The molecule has 3 N–H and O–H groups in total. The van der Waals surface area contributed by atoms with Crippen LogP contribution < -0.4 is 5.32 Å². The number of carbonyl (C=O) groups excluding carboxylic acids is 3. The fourth-order valence-corrected chi connectivity index (χ4v) is 5.47. The van der Waals surface area contributed by atoms with E-state index in [1.807, 2.05) is 13.8 Å². The summed E-state index contributed by atoms with van der Waals surface area (Å²) in [7, 11) is 0. The number of hydrogen-bond donors (Lipinski definition) is 3. The van der Waals surface area contributed by atoms with Gasteiger partial charge in [-0.25, -0.2) is 4.79 Å².